The van der Waals surface area contributed by atoms with E-state index in [0.29, 0.717) is 32.5 Å². The minimum Gasteiger partial charge on any atom is -0.385 e. The molecule has 2 N–H and O–H groups in total. The Bertz CT molecular complexity index is 287. The summed E-state index contributed by atoms with van der Waals surface area (Å²) in [6.45, 7) is 0.724. The first kappa shape index (κ1) is 16.0. The van der Waals surface area contributed by atoms with Crippen molar-refractivity contribution in [2.45, 2.75) is 25.1 Å². The summed E-state index contributed by atoms with van der Waals surface area (Å²) < 4.78 is 41.4. The lowest BCUT2D eigenvalue weighted by atomic mass is 10.3. The maximum Gasteiger partial charge on any atom is 0.401 e. The normalized spacial score (nSPS) is 20.5. The fourth-order valence-corrected chi connectivity index (χ4v) is 2.00. The molecule has 8 heteroatoms. The van der Waals surface area contributed by atoms with Gasteiger partial charge in [0.05, 0.1) is 6.54 Å². The highest BCUT2D eigenvalue weighted by Crippen LogP contribution is 2.19. The molecule has 19 heavy (non-hydrogen) atoms. The van der Waals surface area contributed by atoms with Crippen LogP contribution >= 0.6 is 0 Å². The number of halogens is 3. The van der Waals surface area contributed by atoms with Crippen molar-refractivity contribution in [1.82, 2.24) is 15.5 Å². The number of nitrogens with zero attached hydrogens (tertiary/aromatic N) is 1. The molecular formula is C11H20F3N3O2. The Labute approximate surface area is 110 Å². The molecule has 0 unspecified atom stereocenters. The standard InChI is InChI=1S/C11H20F3N3O2/c1-19-6-2-4-15-10(18)16-9-3-5-17(7-9)8-11(12,13)14/h9H,2-8H2,1H3,(H2,15,16,18)/t9-/m1/s1. The molecule has 0 aromatic carbocycles. The lowest BCUT2D eigenvalue weighted by molar-refractivity contribution is -0.143. The number of rotatable bonds is 6. The van der Waals surface area contributed by atoms with Gasteiger partial charge in [-0.25, -0.2) is 4.79 Å². The van der Waals surface area contributed by atoms with Crippen LogP contribution in [-0.4, -0.2) is 63.0 Å². The molecule has 0 bridgehead atoms. The summed E-state index contributed by atoms with van der Waals surface area (Å²) in [5.41, 5.74) is 0. The Balaban J connectivity index is 2.15. The predicted molar refractivity (Wildman–Crippen MR) is 63.9 cm³/mol. The molecule has 5 nitrogen and oxygen atoms in total. The first-order valence-electron chi connectivity index (χ1n) is 6.23. The van der Waals surface area contributed by atoms with Crippen molar-refractivity contribution in [3.63, 3.8) is 0 Å². The van der Waals surface area contributed by atoms with Crippen molar-refractivity contribution in [3.05, 3.63) is 0 Å². The molecule has 2 amide bonds. The van der Waals surface area contributed by atoms with Crippen LogP contribution < -0.4 is 10.6 Å². The van der Waals surface area contributed by atoms with E-state index in [0.717, 1.165) is 0 Å². The summed E-state index contributed by atoms with van der Waals surface area (Å²) in [6.07, 6.45) is -2.94. The number of alkyl halides is 3. The SMILES string of the molecule is COCCCNC(=O)N[C@@H]1CCN(CC(F)(F)F)C1. The van der Waals surface area contributed by atoms with E-state index in [1.807, 2.05) is 0 Å². The third-order valence-electron chi connectivity index (χ3n) is 2.82. The molecule has 0 aliphatic carbocycles. The van der Waals surface area contributed by atoms with Crippen LogP contribution in [-0.2, 0) is 4.74 Å². The molecule has 1 saturated heterocycles. The maximum absolute atomic E-state index is 12.2. The first-order valence-corrected chi connectivity index (χ1v) is 6.23. The van der Waals surface area contributed by atoms with Crippen LogP contribution in [0.3, 0.4) is 0 Å². The summed E-state index contributed by atoms with van der Waals surface area (Å²) in [5, 5.41) is 5.31. The van der Waals surface area contributed by atoms with Gasteiger partial charge in [0.2, 0.25) is 0 Å². The minimum atomic E-state index is -4.18. The number of hydrogen-bond acceptors (Lipinski definition) is 3. The molecule has 1 aliphatic rings. The van der Waals surface area contributed by atoms with E-state index >= 15 is 0 Å². The van der Waals surface area contributed by atoms with Crippen LogP contribution in [0.5, 0.6) is 0 Å². The van der Waals surface area contributed by atoms with Crippen molar-refractivity contribution in [2.75, 3.05) is 39.9 Å². The second-order valence-electron chi connectivity index (χ2n) is 4.58. The number of carbonyl (C=O) groups excluding carboxylic acids is 1. The molecule has 1 aliphatic heterocycles. The molecule has 0 aromatic heterocycles. The molecule has 1 heterocycles. The van der Waals surface area contributed by atoms with Crippen molar-refractivity contribution in [1.29, 1.82) is 0 Å². The topological polar surface area (TPSA) is 53.6 Å². The van der Waals surface area contributed by atoms with Gasteiger partial charge in [-0.3, -0.25) is 4.90 Å². The predicted octanol–water partition coefficient (Wildman–Crippen LogP) is 0.959. The summed E-state index contributed by atoms with van der Waals surface area (Å²) in [4.78, 5) is 12.8. The zero-order valence-corrected chi connectivity index (χ0v) is 10.9. The van der Waals surface area contributed by atoms with E-state index in [-0.39, 0.29) is 18.6 Å². The van der Waals surface area contributed by atoms with Crippen molar-refractivity contribution in [2.24, 2.45) is 0 Å². The Morgan fingerprint density at radius 2 is 2.21 bits per heavy atom. The molecule has 112 valence electrons. The zero-order chi connectivity index (χ0) is 14.3. The Hall–Kier alpha value is -1.02. The number of likely N-dealkylation sites (tertiary alicyclic amines) is 1. The number of nitrogens with one attached hydrogen (secondary N) is 2. The smallest absolute Gasteiger partial charge is 0.385 e. The molecule has 0 radical (unpaired) electrons. The minimum absolute atomic E-state index is 0.218. The van der Waals surface area contributed by atoms with Gasteiger partial charge in [-0.05, 0) is 12.8 Å². The van der Waals surface area contributed by atoms with Crippen LogP contribution in [0.2, 0.25) is 0 Å². The monoisotopic (exact) mass is 283 g/mol. The summed E-state index contributed by atoms with van der Waals surface area (Å²) in [5.74, 6) is 0. The van der Waals surface area contributed by atoms with Gasteiger partial charge in [0.25, 0.3) is 0 Å². The van der Waals surface area contributed by atoms with Crippen molar-refractivity contribution >= 4 is 6.03 Å². The van der Waals surface area contributed by atoms with Gasteiger partial charge in [-0.2, -0.15) is 13.2 Å². The largest absolute Gasteiger partial charge is 0.401 e. The van der Waals surface area contributed by atoms with Crippen LogP contribution in [0.4, 0.5) is 18.0 Å². The summed E-state index contributed by atoms with van der Waals surface area (Å²) >= 11 is 0. The van der Waals surface area contributed by atoms with E-state index in [1.165, 1.54) is 4.90 Å². The van der Waals surface area contributed by atoms with Crippen molar-refractivity contribution < 1.29 is 22.7 Å². The highest BCUT2D eigenvalue weighted by atomic mass is 19.4. The van der Waals surface area contributed by atoms with Crippen LogP contribution in [0.1, 0.15) is 12.8 Å². The van der Waals surface area contributed by atoms with Gasteiger partial charge in [0.15, 0.2) is 0 Å². The summed E-state index contributed by atoms with van der Waals surface area (Å²) in [7, 11) is 1.58. The third kappa shape index (κ3) is 7.22. The Morgan fingerprint density at radius 3 is 2.84 bits per heavy atom. The van der Waals surface area contributed by atoms with Gasteiger partial charge >= 0.3 is 12.2 Å². The number of carbonyl (C=O) groups is 1. The fourth-order valence-electron chi connectivity index (χ4n) is 2.00. The fraction of sp³-hybridized carbons (Fsp3) is 0.909. The number of ether oxygens (including phenoxy) is 1. The third-order valence-corrected chi connectivity index (χ3v) is 2.82. The average Bonchev–Trinajstić information content (AvgIpc) is 2.69. The quantitative estimate of drug-likeness (QED) is 0.714. The van der Waals surface area contributed by atoms with E-state index < -0.39 is 12.7 Å². The van der Waals surface area contributed by atoms with E-state index in [4.69, 9.17) is 4.74 Å². The van der Waals surface area contributed by atoms with Crippen molar-refractivity contribution in [3.8, 4) is 0 Å². The zero-order valence-electron chi connectivity index (χ0n) is 10.9. The molecule has 0 aromatic rings. The maximum atomic E-state index is 12.2. The second kappa shape index (κ2) is 7.54. The molecule has 0 spiro atoms. The van der Waals surface area contributed by atoms with E-state index in [2.05, 4.69) is 10.6 Å². The molecule has 1 atom stereocenters. The molecule has 0 saturated carbocycles. The number of hydrogen-bond donors (Lipinski definition) is 2. The van der Waals surface area contributed by atoms with Gasteiger partial charge < -0.3 is 15.4 Å². The highest BCUT2D eigenvalue weighted by molar-refractivity contribution is 5.74. The van der Waals surface area contributed by atoms with Crippen LogP contribution in [0.25, 0.3) is 0 Å². The lowest BCUT2D eigenvalue weighted by Crippen LogP contribution is -2.44. The van der Waals surface area contributed by atoms with E-state index in [9.17, 15) is 18.0 Å². The Morgan fingerprint density at radius 1 is 1.47 bits per heavy atom. The van der Waals surface area contributed by atoms with Gasteiger partial charge in [-0.1, -0.05) is 0 Å². The lowest BCUT2D eigenvalue weighted by Gasteiger charge is -2.18. The first-order chi connectivity index (χ1) is 8.90. The summed E-state index contributed by atoms with van der Waals surface area (Å²) in [6, 6.07) is -0.556. The number of urea groups is 1. The Kier molecular flexibility index (Phi) is 6.36. The number of methoxy groups -OCH3 is 1. The van der Waals surface area contributed by atoms with Crippen LogP contribution in [0.15, 0.2) is 0 Å². The van der Waals surface area contributed by atoms with Gasteiger partial charge in [0, 0.05) is 39.4 Å². The molecular weight excluding hydrogens is 263 g/mol. The van der Waals surface area contributed by atoms with Crippen LogP contribution in [0, 0.1) is 0 Å². The molecule has 1 fully saturated rings. The van der Waals surface area contributed by atoms with Gasteiger partial charge in [-0.15, -0.1) is 0 Å². The highest BCUT2D eigenvalue weighted by Gasteiger charge is 2.34. The molecule has 1 rings (SSSR count). The number of amides is 2. The second-order valence-corrected chi connectivity index (χ2v) is 4.58. The van der Waals surface area contributed by atoms with Gasteiger partial charge in [0.1, 0.15) is 0 Å². The average molecular weight is 283 g/mol. The van der Waals surface area contributed by atoms with E-state index in [1.54, 1.807) is 7.11 Å².